The standard InChI is InChI=1S/C14H17NO4/c1-10(19-11(2)16)13-8-15(14(13)17)18-9-12-6-4-3-5-7-12/h3-7,10,13H,8-9H2,1-2H3/t10-,13+/m1/s1. The molecule has 2 rings (SSSR count). The highest BCUT2D eigenvalue weighted by Crippen LogP contribution is 2.24. The smallest absolute Gasteiger partial charge is 0.302 e. The Bertz CT molecular complexity index is 460. The summed E-state index contributed by atoms with van der Waals surface area (Å²) in [6, 6.07) is 9.63. The van der Waals surface area contributed by atoms with E-state index in [2.05, 4.69) is 0 Å². The van der Waals surface area contributed by atoms with Crippen LogP contribution in [0.5, 0.6) is 0 Å². The molecule has 1 aromatic rings. The molecule has 1 saturated heterocycles. The van der Waals surface area contributed by atoms with Crippen molar-refractivity contribution in [2.75, 3.05) is 6.54 Å². The zero-order chi connectivity index (χ0) is 13.8. The van der Waals surface area contributed by atoms with Crippen LogP contribution in [0.3, 0.4) is 0 Å². The quantitative estimate of drug-likeness (QED) is 0.597. The highest BCUT2D eigenvalue weighted by Gasteiger charge is 2.42. The van der Waals surface area contributed by atoms with Crippen LogP contribution < -0.4 is 0 Å². The SMILES string of the molecule is CC(=O)O[C@H](C)[C@@H]1CN(OCc2ccccc2)C1=O. The Morgan fingerprint density at radius 1 is 1.42 bits per heavy atom. The Labute approximate surface area is 112 Å². The molecule has 1 heterocycles. The van der Waals surface area contributed by atoms with Gasteiger partial charge in [-0.2, -0.15) is 0 Å². The van der Waals surface area contributed by atoms with Gasteiger partial charge < -0.3 is 4.74 Å². The summed E-state index contributed by atoms with van der Waals surface area (Å²) in [5.41, 5.74) is 1.01. The lowest BCUT2D eigenvalue weighted by Crippen LogP contribution is -2.56. The molecule has 1 aliphatic heterocycles. The van der Waals surface area contributed by atoms with Gasteiger partial charge in [-0.15, -0.1) is 0 Å². The Morgan fingerprint density at radius 3 is 2.68 bits per heavy atom. The number of esters is 1. The lowest BCUT2D eigenvalue weighted by atomic mass is 9.95. The third-order valence-electron chi connectivity index (χ3n) is 3.07. The number of β-lactam (4-membered cyclic amide) rings is 1. The molecule has 19 heavy (non-hydrogen) atoms. The molecule has 102 valence electrons. The van der Waals surface area contributed by atoms with E-state index in [1.165, 1.54) is 12.0 Å². The molecule has 0 aliphatic carbocycles. The minimum Gasteiger partial charge on any atom is -0.462 e. The van der Waals surface area contributed by atoms with Crippen molar-refractivity contribution in [3.63, 3.8) is 0 Å². The van der Waals surface area contributed by atoms with Crippen LogP contribution in [-0.4, -0.2) is 29.6 Å². The van der Waals surface area contributed by atoms with E-state index in [1.54, 1.807) is 6.92 Å². The predicted molar refractivity (Wildman–Crippen MR) is 67.7 cm³/mol. The fourth-order valence-electron chi connectivity index (χ4n) is 1.96. The number of amides is 1. The summed E-state index contributed by atoms with van der Waals surface area (Å²) >= 11 is 0. The molecule has 5 nitrogen and oxygen atoms in total. The second-order valence-electron chi connectivity index (χ2n) is 4.58. The van der Waals surface area contributed by atoms with E-state index in [0.717, 1.165) is 5.56 Å². The lowest BCUT2D eigenvalue weighted by Gasteiger charge is -2.39. The third-order valence-corrected chi connectivity index (χ3v) is 3.07. The van der Waals surface area contributed by atoms with Crippen molar-refractivity contribution < 1.29 is 19.2 Å². The first-order chi connectivity index (χ1) is 9.08. The Morgan fingerprint density at radius 2 is 2.11 bits per heavy atom. The maximum Gasteiger partial charge on any atom is 0.302 e. The van der Waals surface area contributed by atoms with Gasteiger partial charge in [0.15, 0.2) is 0 Å². The maximum atomic E-state index is 11.8. The van der Waals surface area contributed by atoms with Gasteiger partial charge in [-0.05, 0) is 12.5 Å². The zero-order valence-corrected chi connectivity index (χ0v) is 11.0. The van der Waals surface area contributed by atoms with E-state index in [-0.39, 0.29) is 17.8 Å². The predicted octanol–water partition coefficient (Wildman–Crippen LogP) is 1.53. The molecule has 0 bridgehead atoms. The molecule has 5 heteroatoms. The molecule has 0 spiro atoms. The first kappa shape index (κ1) is 13.5. The first-order valence-corrected chi connectivity index (χ1v) is 6.23. The molecule has 2 atom stereocenters. The Hall–Kier alpha value is -1.88. The molecule has 0 aromatic heterocycles. The van der Waals surface area contributed by atoms with Crippen molar-refractivity contribution in [2.24, 2.45) is 5.92 Å². The largest absolute Gasteiger partial charge is 0.462 e. The van der Waals surface area contributed by atoms with Crippen LogP contribution in [0.25, 0.3) is 0 Å². The molecule has 0 unspecified atom stereocenters. The zero-order valence-electron chi connectivity index (χ0n) is 11.0. The topological polar surface area (TPSA) is 55.8 Å². The number of benzene rings is 1. The van der Waals surface area contributed by atoms with Gasteiger partial charge in [0.05, 0.1) is 12.5 Å². The molecule has 0 saturated carbocycles. The van der Waals surface area contributed by atoms with Crippen molar-refractivity contribution in [3.8, 4) is 0 Å². The van der Waals surface area contributed by atoms with Crippen LogP contribution in [0.2, 0.25) is 0 Å². The summed E-state index contributed by atoms with van der Waals surface area (Å²) in [6.45, 7) is 3.88. The highest BCUT2D eigenvalue weighted by molar-refractivity contribution is 5.84. The van der Waals surface area contributed by atoms with Gasteiger partial charge in [0.1, 0.15) is 12.7 Å². The van der Waals surface area contributed by atoms with Crippen LogP contribution in [0.1, 0.15) is 19.4 Å². The number of hydroxylamine groups is 2. The van der Waals surface area contributed by atoms with Crippen molar-refractivity contribution >= 4 is 11.9 Å². The van der Waals surface area contributed by atoms with Crippen molar-refractivity contribution in [1.29, 1.82) is 0 Å². The van der Waals surface area contributed by atoms with E-state index in [9.17, 15) is 9.59 Å². The minimum atomic E-state index is -0.401. The summed E-state index contributed by atoms with van der Waals surface area (Å²) in [6.07, 6.45) is -0.401. The number of carbonyl (C=O) groups is 2. The molecule has 1 aromatic carbocycles. The van der Waals surface area contributed by atoms with Gasteiger partial charge in [0.25, 0.3) is 5.91 Å². The van der Waals surface area contributed by atoms with Crippen LogP contribution in [0.4, 0.5) is 0 Å². The highest BCUT2D eigenvalue weighted by atomic mass is 16.7. The summed E-state index contributed by atoms with van der Waals surface area (Å²) in [5.74, 6) is -0.798. The minimum absolute atomic E-state index is 0.135. The number of hydrogen-bond donors (Lipinski definition) is 0. The van der Waals surface area contributed by atoms with Crippen LogP contribution in [-0.2, 0) is 25.8 Å². The van der Waals surface area contributed by atoms with Crippen molar-refractivity contribution in [3.05, 3.63) is 35.9 Å². The van der Waals surface area contributed by atoms with Gasteiger partial charge in [0.2, 0.25) is 0 Å². The molecule has 0 radical (unpaired) electrons. The lowest BCUT2D eigenvalue weighted by molar-refractivity contribution is -0.234. The molecule has 0 N–H and O–H groups in total. The number of ether oxygens (including phenoxy) is 1. The molecule has 1 fully saturated rings. The second kappa shape index (κ2) is 5.84. The summed E-state index contributed by atoms with van der Waals surface area (Å²) in [4.78, 5) is 28.0. The van der Waals surface area contributed by atoms with Gasteiger partial charge in [-0.1, -0.05) is 30.3 Å². The summed E-state index contributed by atoms with van der Waals surface area (Å²) < 4.78 is 4.99. The molecular formula is C14H17NO4. The van der Waals surface area contributed by atoms with E-state index in [0.29, 0.717) is 13.2 Å². The maximum absolute atomic E-state index is 11.8. The van der Waals surface area contributed by atoms with E-state index >= 15 is 0 Å². The number of carbonyl (C=O) groups excluding carboxylic acids is 2. The summed E-state index contributed by atoms with van der Waals surface area (Å²) in [5, 5.41) is 1.32. The fraction of sp³-hybridized carbons (Fsp3) is 0.429. The fourth-order valence-corrected chi connectivity index (χ4v) is 1.96. The normalized spacial score (nSPS) is 19.8. The van der Waals surface area contributed by atoms with Gasteiger partial charge >= 0.3 is 5.97 Å². The van der Waals surface area contributed by atoms with Crippen LogP contribution in [0, 0.1) is 5.92 Å². The van der Waals surface area contributed by atoms with E-state index < -0.39 is 6.10 Å². The van der Waals surface area contributed by atoms with Gasteiger partial charge in [-0.25, -0.2) is 5.06 Å². The van der Waals surface area contributed by atoms with Crippen molar-refractivity contribution in [1.82, 2.24) is 5.06 Å². The van der Waals surface area contributed by atoms with E-state index in [1.807, 2.05) is 30.3 Å². The average Bonchev–Trinajstić information content (AvgIpc) is 2.37. The number of hydrogen-bond acceptors (Lipinski definition) is 4. The molecule has 1 amide bonds. The van der Waals surface area contributed by atoms with Gasteiger partial charge in [0, 0.05) is 6.92 Å². The second-order valence-corrected chi connectivity index (χ2v) is 4.58. The number of nitrogens with zero attached hydrogens (tertiary/aromatic N) is 1. The Balaban J connectivity index is 1.77. The molecular weight excluding hydrogens is 246 g/mol. The monoisotopic (exact) mass is 263 g/mol. The van der Waals surface area contributed by atoms with Crippen LogP contribution >= 0.6 is 0 Å². The van der Waals surface area contributed by atoms with Crippen molar-refractivity contribution in [2.45, 2.75) is 26.6 Å². The first-order valence-electron chi connectivity index (χ1n) is 6.23. The average molecular weight is 263 g/mol. The van der Waals surface area contributed by atoms with Crippen LogP contribution in [0.15, 0.2) is 30.3 Å². The summed E-state index contributed by atoms with van der Waals surface area (Å²) in [7, 11) is 0. The Kier molecular flexibility index (Phi) is 4.16. The molecule has 1 aliphatic rings. The van der Waals surface area contributed by atoms with Gasteiger partial charge in [-0.3, -0.25) is 14.4 Å². The third kappa shape index (κ3) is 3.32. The number of rotatable bonds is 5. The van der Waals surface area contributed by atoms with E-state index in [4.69, 9.17) is 9.57 Å².